The van der Waals surface area contributed by atoms with Crippen molar-refractivity contribution in [3.8, 4) is 0 Å². The number of likely N-dealkylation sites (tertiary alicyclic amines) is 1. The van der Waals surface area contributed by atoms with Gasteiger partial charge in [-0.25, -0.2) is 4.98 Å². The molecule has 170 valence electrons. The molecule has 5 rings (SSSR count). The van der Waals surface area contributed by atoms with E-state index in [1.54, 1.807) is 6.20 Å². The second-order valence-corrected chi connectivity index (χ2v) is 10.1. The fourth-order valence-corrected chi connectivity index (χ4v) is 5.40. The molecule has 1 saturated heterocycles. The molecule has 1 aliphatic heterocycles. The largest absolute Gasteiger partial charge is 0.366 e. The smallest absolute Gasteiger partial charge is 0.171 e. The number of thioether (sulfide) groups is 1. The van der Waals surface area contributed by atoms with Gasteiger partial charge in [0.1, 0.15) is 5.82 Å². The van der Waals surface area contributed by atoms with Gasteiger partial charge in [-0.15, -0.1) is 11.8 Å². The van der Waals surface area contributed by atoms with E-state index in [4.69, 9.17) is 4.98 Å². The van der Waals surface area contributed by atoms with E-state index in [1.165, 1.54) is 10.5 Å². The number of hydrogen-bond donors (Lipinski definition) is 1. The van der Waals surface area contributed by atoms with Crippen molar-refractivity contribution in [3.63, 3.8) is 0 Å². The van der Waals surface area contributed by atoms with Crippen LogP contribution in [0.5, 0.6) is 0 Å². The summed E-state index contributed by atoms with van der Waals surface area (Å²) in [7, 11) is 0. The zero-order valence-electron chi connectivity index (χ0n) is 18.6. The van der Waals surface area contributed by atoms with Gasteiger partial charge < -0.3 is 5.32 Å². The van der Waals surface area contributed by atoms with Gasteiger partial charge in [0.2, 0.25) is 0 Å². The number of benzene rings is 1. The predicted molar refractivity (Wildman–Crippen MR) is 138 cm³/mol. The molecule has 1 fully saturated rings. The van der Waals surface area contributed by atoms with Crippen molar-refractivity contribution in [2.24, 2.45) is 0 Å². The average molecular weight is 524 g/mol. The van der Waals surface area contributed by atoms with Crippen molar-refractivity contribution in [2.45, 2.75) is 36.7 Å². The Balaban J connectivity index is 1.31. The average Bonchev–Trinajstić information content (AvgIpc) is 3.24. The molecule has 1 aromatic carbocycles. The maximum Gasteiger partial charge on any atom is 0.171 e. The number of anilines is 1. The Bertz CT molecular complexity index is 1220. The van der Waals surface area contributed by atoms with Gasteiger partial charge in [0.25, 0.3) is 0 Å². The van der Waals surface area contributed by atoms with Crippen LogP contribution in [0.25, 0.3) is 5.65 Å². The molecule has 1 N–H and O–H groups in total. The van der Waals surface area contributed by atoms with Crippen LogP contribution in [0.15, 0.2) is 70.4 Å². The molecule has 3 aromatic heterocycles. The van der Waals surface area contributed by atoms with Crippen molar-refractivity contribution in [1.29, 1.82) is 0 Å². The summed E-state index contributed by atoms with van der Waals surface area (Å²) < 4.78 is 2.79. The Morgan fingerprint density at radius 2 is 1.97 bits per heavy atom. The van der Waals surface area contributed by atoms with Crippen LogP contribution in [0.1, 0.15) is 35.6 Å². The monoisotopic (exact) mass is 522 g/mol. The van der Waals surface area contributed by atoms with Crippen LogP contribution in [0.2, 0.25) is 0 Å². The molecule has 0 atom stereocenters. The summed E-state index contributed by atoms with van der Waals surface area (Å²) in [5.74, 6) is 1.41. The van der Waals surface area contributed by atoms with E-state index in [1.807, 2.05) is 34.7 Å². The van der Waals surface area contributed by atoms with E-state index in [9.17, 15) is 0 Å². The van der Waals surface area contributed by atoms with Crippen LogP contribution in [0.4, 0.5) is 5.82 Å². The van der Waals surface area contributed by atoms with Crippen LogP contribution in [-0.4, -0.2) is 43.8 Å². The highest BCUT2D eigenvalue weighted by Gasteiger charge is 2.24. The minimum atomic E-state index is 0.447. The lowest BCUT2D eigenvalue weighted by atomic mass is 9.93. The van der Waals surface area contributed by atoms with Crippen LogP contribution in [-0.2, 0) is 13.1 Å². The third kappa shape index (κ3) is 5.08. The number of halogens is 1. The molecule has 6 nitrogen and oxygen atoms in total. The fourth-order valence-electron chi connectivity index (χ4n) is 4.45. The number of piperidine rings is 1. The van der Waals surface area contributed by atoms with E-state index in [-0.39, 0.29) is 0 Å². The predicted octanol–water partition coefficient (Wildman–Crippen LogP) is 5.60. The van der Waals surface area contributed by atoms with Crippen LogP contribution < -0.4 is 5.32 Å². The van der Waals surface area contributed by atoms with Crippen LogP contribution in [0.3, 0.4) is 0 Å². The Labute approximate surface area is 207 Å². The first kappa shape index (κ1) is 22.4. The minimum absolute atomic E-state index is 0.447. The fraction of sp³-hybridized carbons (Fsp3) is 0.320. The lowest BCUT2D eigenvalue weighted by molar-refractivity contribution is 0.202. The molecule has 4 heterocycles. The topological polar surface area (TPSA) is 58.4 Å². The molecule has 1 aliphatic rings. The summed E-state index contributed by atoms with van der Waals surface area (Å²) in [6.07, 6.45) is 9.87. The summed E-state index contributed by atoms with van der Waals surface area (Å²) in [5, 5.41) is 8.05. The maximum atomic E-state index is 4.99. The van der Waals surface area contributed by atoms with Crippen molar-refractivity contribution in [1.82, 2.24) is 24.5 Å². The SMILES string of the molecule is CSc1ccccc1CN1CCC(c2cc(NCc3cccnc3)n3ncc(Br)c3n2)CC1. The van der Waals surface area contributed by atoms with Gasteiger partial charge in [0.15, 0.2) is 5.65 Å². The zero-order chi connectivity index (χ0) is 22.6. The van der Waals surface area contributed by atoms with Crippen molar-refractivity contribution in [3.05, 3.63) is 82.3 Å². The zero-order valence-corrected chi connectivity index (χ0v) is 21.0. The van der Waals surface area contributed by atoms with Gasteiger partial charge in [-0.2, -0.15) is 9.61 Å². The number of pyridine rings is 1. The summed E-state index contributed by atoms with van der Waals surface area (Å²) in [6.45, 7) is 3.87. The Morgan fingerprint density at radius 3 is 2.76 bits per heavy atom. The molecule has 0 amide bonds. The molecular formula is C25H27BrN6S. The summed E-state index contributed by atoms with van der Waals surface area (Å²) in [6, 6.07) is 14.9. The van der Waals surface area contributed by atoms with Gasteiger partial charge in [-0.1, -0.05) is 24.3 Å². The minimum Gasteiger partial charge on any atom is -0.366 e. The maximum absolute atomic E-state index is 4.99. The molecule has 0 bridgehead atoms. The molecule has 0 aliphatic carbocycles. The molecule has 0 spiro atoms. The van der Waals surface area contributed by atoms with E-state index in [0.29, 0.717) is 12.5 Å². The Hall–Kier alpha value is -2.42. The molecule has 0 saturated carbocycles. The molecular weight excluding hydrogens is 496 g/mol. The lowest BCUT2D eigenvalue weighted by Gasteiger charge is -2.32. The number of aromatic nitrogens is 4. The van der Waals surface area contributed by atoms with Crippen LogP contribution >= 0.6 is 27.7 Å². The second kappa shape index (κ2) is 10.2. The van der Waals surface area contributed by atoms with Gasteiger partial charge in [0.05, 0.1) is 10.7 Å². The number of rotatable bonds is 7. The molecule has 0 radical (unpaired) electrons. The first-order valence-corrected chi connectivity index (χ1v) is 13.2. The van der Waals surface area contributed by atoms with E-state index in [0.717, 1.165) is 59.7 Å². The number of nitrogens with zero attached hydrogens (tertiary/aromatic N) is 5. The van der Waals surface area contributed by atoms with Gasteiger partial charge in [-0.05, 0) is 71.4 Å². The molecule has 8 heteroatoms. The van der Waals surface area contributed by atoms with E-state index in [2.05, 4.69) is 78.9 Å². The first-order chi connectivity index (χ1) is 16.2. The summed E-state index contributed by atoms with van der Waals surface area (Å²) in [5.41, 5.74) is 4.56. The Kier molecular flexibility index (Phi) is 6.94. The van der Waals surface area contributed by atoms with Crippen molar-refractivity contribution in [2.75, 3.05) is 24.7 Å². The van der Waals surface area contributed by atoms with Crippen molar-refractivity contribution >= 4 is 39.2 Å². The quantitative estimate of drug-likeness (QED) is 0.318. The standard InChI is InChI=1S/C25H27BrN6S/c1-33-23-7-3-2-6-20(23)17-31-11-8-19(9-12-31)22-13-24(28-15-18-5-4-10-27-14-18)32-25(30-22)21(26)16-29-32/h2-7,10,13-14,16,19,28H,8-9,11-12,15,17H2,1H3. The van der Waals surface area contributed by atoms with Crippen LogP contribution in [0, 0.1) is 0 Å². The highest BCUT2D eigenvalue weighted by Crippen LogP contribution is 2.32. The number of hydrogen-bond acceptors (Lipinski definition) is 6. The summed E-state index contributed by atoms with van der Waals surface area (Å²) >= 11 is 5.45. The highest BCUT2D eigenvalue weighted by molar-refractivity contribution is 9.10. The number of nitrogens with one attached hydrogen (secondary N) is 1. The van der Waals surface area contributed by atoms with E-state index < -0.39 is 0 Å². The van der Waals surface area contributed by atoms with Gasteiger partial charge in [0, 0.05) is 48.1 Å². The molecule has 33 heavy (non-hydrogen) atoms. The summed E-state index contributed by atoms with van der Waals surface area (Å²) in [4.78, 5) is 13.2. The molecule has 4 aromatic rings. The normalized spacial score (nSPS) is 15.2. The van der Waals surface area contributed by atoms with Crippen molar-refractivity contribution < 1.29 is 0 Å². The third-order valence-electron chi connectivity index (χ3n) is 6.24. The third-order valence-corrected chi connectivity index (χ3v) is 7.63. The van der Waals surface area contributed by atoms with E-state index >= 15 is 0 Å². The van der Waals surface area contributed by atoms with Gasteiger partial charge >= 0.3 is 0 Å². The molecule has 0 unspecified atom stereocenters. The van der Waals surface area contributed by atoms with Gasteiger partial charge in [-0.3, -0.25) is 9.88 Å². The number of fused-ring (bicyclic) bond motifs is 1. The lowest BCUT2D eigenvalue weighted by Crippen LogP contribution is -2.33. The Morgan fingerprint density at radius 1 is 1.12 bits per heavy atom. The first-order valence-electron chi connectivity index (χ1n) is 11.2. The highest BCUT2D eigenvalue weighted by atomic mass is 79.9. The second-order valence-electron chi connectivity index (χ2n) is 8.37.